The molecule has 2 N–H and O–H groups in total. The molecule has 59 heavy (non-hydrogen) atoms. The number of amides is 3. The second-order valence-corrected chi connectivity index (χ2v) is 15.5. The fourth-order valence-electron chi connectivity index (χ4n) is 8.70. The van der Waals surface area contributed by atoms with Gasteiger partial charge in [-0.15, -0.1) is 0 Å². The van der Waals surface area contributed by atoms with E-state index in [1.807, 2.05) is 18.2 Å². The van der Waals surface area contributed by atoms with Crippen LogP contribution in [0.2, 0.25) is 0 Å². The highest BCUT2D eigenvalue weighted by atomic mass is 19.4. The van der Waals surface area contributed by atoms with Gasteiger partial charge in [0.25, 0.3) is 5.91 Å². The van der Waals surface area contributed by atoms with Crippen LogP contribution in [0.3, 0.4) is 0 Å². The van der Waals surface area contributed by atoms with Gasteiger partial charge in [0.1, 0.15) is 23.4 Å². The van der Waals surface area contributed by atoms with Gasteiger partial charge in [0, 0.05) is 73.9 Å². The van der Waals surface area contributed by atoms with Crippen LogP contribution in [0.5, 0.6) is 17.2 Å². The summed E-state index contributed by atoms with van der Waals surface area (Å²) in [6.07, 6.45) is -1.86. The van der Waals surface area contributed by atoms with E-state index in [0.717, 1.165) is 68.9 Å². The molecule has 8 rings (SSSR count). The lowest BCUT2D eigenvalue weighted by Crippen LogP contribution is -2.52. The first-order valence-electron chi connectivity index (χ1n) is 19.8. The van der Waals surface area contributed by atoms with Crippen molar-refractivity contribution in [3.8, 4) is 17.2 Å². The zero-order chi connectivity index (χ0) is 41.4. The number of ether oxygens (including phenoxy) is 2. The van der Waals surface area contributed by atoms with Gasteiger partial charge in [0.2, 0.25) is 11.8 Å². The number of anilines is 1. The van der Waals surface area contributed by atoms with Crippen LogP contribution in [0.15, 0.2) is 72.8 Å². The van der Waals surface area contributed by atoms with Crippen molar-refractivity contribution in [3.63, 3.8) is 0 Å². The van der Waals surface area contributed by atoms with E-state index in [1.54, 1.807) is 17.0 Å². The van der Waals surface area contributed by atoms with E-state index >= 15 is 4.39 Å². The van der Waals surface area contributed by atoms with Gasteiger partial charge in [-0.3, -0.25) is 24.6 Å². The van der Waals surface area contributed by atoms with Crippen LogP contribution in [0.1, 0.15) is 82.1 Å². The average Bonchev–Trinajstić information content (AvgIpc) is 3.53. The predicted octanol–water partition coefficient (Wildman–Crippen LogP) is 7.13. The number of fused-ring (bicyclic) bond motifs is 2. The van der Waals surface area contributed by atoms with Gasteiger partial charge in [-0.2, -0.15) is 13.2 Å². The van der Waals surface area contributed by atoms with E-state index < -0.39 is 47.2 Å². The number of rotatable bonds is 11. The Morgan fingerprint density at radius 3 is 2.41 bits per heavy atom. The number of carbonyl (C=O) groups excluding carboxylic acids is 3. The summed E-state index contributed by atoms with van der Waals surface area (Å²) in [5.74, 6) is -3.99. The molecule has 4 aliphatic heterocycles. The minimum Gasteiger partial charge on any atom is -0.508 e. The van der Waals surface area contributed by atoms with Crippen LogP contribution in [0.4, 0.5) is 27.6 Å². The molecule has 10 nitrogen and oxygen atoms in total. The second-order valence-electron chi connectivity index (χ2n) is 15.5. The molecule has 0 aromatic heterocycles. The minimum atomic E-state index is -4.90. The largest absolute Gasteiger partial charge is 0.508 e. The SMILES string of the molecule is O=C1CCC(N2Cc3cc(N4CCN(CCCCCOc5ccc(C6c7ccc(O)cc7OCC6c6ccc(F)c(C(F)(F)F)c6)cc5F)CC4)ccc3C2=O)C(=O)N1. The molecule has 4 aromatic rings. The highest BCUT2D eigenvalue weighted by Gasteiger charge is 2.40. The first-order chi connectivity index (χ1) is 28.3. The molecule has 2 fully saturated rings. The molecule has 2 saturated heterocycles. The number of carbonyl (C=O) groups is 3. The Balaban J connectivity index is 0.815. The molecule has 0 saturated carbocycles. The predicted molar refractivity (Wildman–Crippen MR) is 206 cm³/mol. The maximum Gasteiger partial charge on any atom is 0.419 e. The van der Waals surface area contributed by atoms with Crippen LogP contribution >= 0.6 is 0 Å². The summed E-state index contributed by atoms with van der Waals surface area (Å²) in [6.45, 7) is 4.85. The Labute approximate surface area is 337 Å². The number of phenols is 1. The molecule has 3 amide bonds. The maximum absolute atomic E-state index is 15.6. The number of halogens is 5. The molecule has 3 atom stereocenters. The Hall–Kier alpha value is -5.70. The normalized spacial score (nSPS) is 20.9. The van der Waals surface area contributed by atoms with E-state index in [9.17, 15) is 37.1 Å². The topological polar surface area (TPSA) is 112 Å². The zero-order valence-electron chi connectivity index (χ0n) is 32.1. The number of nitrogens with one attached hydrogen (secondary N) is 1. The van der Waals surface area contributed by atoms with Gasteiger partial charge >= 0.3 is 6.18 Å². The number of imide groups is 1. The number of alkyl halides is 3. The van der Waals surface area contributed by atoms with E-state index in [-0.39, 0.29) is 41.9 Å². The number of benzene rings is 4. The highest BCUT2D eigenvalue weighted by molar-refractivity contribution is 6.05. The minimum absolute atomic E-state index is 0.0557. The van der Waals surface area contributed by atoms with Gasteiger partial charge in [-0.25, -0.2) is 8.78 Å². The molecule has 0 radical (unpaired) electrons. The summed E-state index contributed by atoms with van der Waals surface area (Å²) in [4.78, 5) is 43.3. The van der Waals surface area contributed by atoms with Crippen LogP contribution in [-0.4, -0.2) is 84.6 Å². The van der Waals surface area contributed by atoms with Gasteiger partial charge in [0.15, 0.2) is 11.6 Å². The molecule has 4 aromatic carbocycles. The molecule has 0 bridgehead atoms. The van der Waals surface area contributed by atoms with E-state index in [4.69, 9.17) is 9.47 Å². The Bertz CT molecular complexity index is 2260. The zero-order valence-corrected chi connectivity index (χ0v) is 32.1. The van der Waals surface area contributed by atoms with Crippen molar-refractivity contribution in [2.75, 3.05) is 50.8 Å². The van der Waals surface area contributed by atoms with E-state index in [2.05, 4.69) is 15.1 Å². The van der Waals surface area contributed by atoms with Gasteiger partial charge in [-0.05, 0) is 97.4 Å². The van der Waals surface area contributed by atoms with Crippen molar-refractivity contribution in [2.24, 2.45) is 0 Å². The van der Waals surface area contributed by atoms with E-state index in [1.165, 1.54) is 30.3 Å². The Morgan fingerprint density at radius 2 is 1.64 bits per heavy atom. The molecule has 0 spiro atoms. The van der Waals surface area contributed by atoms with Crippen LogP contribution < -0.4 is 19.7 Å². The first kappa shape index (κ1) is 40.1. The lowest BCUT2D eigenvalue weighted by molar-refractivity contribution is -0.140. The fraction of sp³-hybridized carbons (Fsp3) is 0.386. The number of unbranched alkanes of at least 4 members (excludes halogenated alkanes) is 2. The summed E-state index contributed by atoms with van der Waals surface area (Å²) in [5.41, 5.74) is 2.32. The lowest BCUT2D eigenvalue weighted by Gasteiger charge is -2.36. The second kappa shape index (κ2) is 16.5. The van der Waals surface area contributed by atoms with Crippen molar-refractivity contribution in [1.82, 2.24) is 15.1 Å². The van der Waals surface area contributed by atoms with Crippen molar-refractivity contribution in [1.29, 1.82) is 0 Å². The molecule has 4 aliphatic rings. The number of hydrogen-bond acceptors (Lipinski definition) is 8. The third-order valence-electron chi connectivity index (χ3n) is 11.8. The quantitative estimate of drug-likeness (QED) is 0.0936. The number of hydrogen-bond donors (Lipinski definition) is 2. The summed E-state index contributed by atoms with van der Waals surface area (Å²) in [5, 5.41) is 12.4. The van der Waals surface area contributed by atoms with Crippen LogP contribution in [0, 0.1) is 11.6 Å². The Kier molecular flexibility index (Phi) is 11.2. The molecule has 15 heteroatoms. The molecule has 0 aliphatic carbocycles. The monoisotopic (exact) mass is 818 g/mol. The molecular formula is C44H43F5N4O6. The van der Waals surface area contributed by atoms with Crippen molar-refractivity contribution in [3.05, 3.63) is 118 Å². The molecule has 4 heterocycles. The van der Waals surface area contributed by atoms with Crippen molar-refractivity contribution in [2.45, 2.75) is 62.7 Å². The first-order valence-corrected chi connectivity index (χ1v) is 19.8. The lowest BCUT2D eigenvalue weighted by atomic mass is 9.75. The fourth-order valence-corrected chi connectivity index (χ4v) is 8.70. The number of phenolic OH excluding ortho intramolecular Hbond substituents is 1. The average molecular weight is 819 g/mol. The summed E-state index contributed by atoms with van der Waals surface area (Å²) in [6, 6.07) is 16.9. The summed E-state index contributed by atoms with van der Waals surface area (Å²) in [7, 11) is 0. The maximum atomic E-state index is 15.6. The standard InChI is InChI=1S/C44H43F5N4O6/c45-35-10-4-26(21-34(35)44(47,48)49)33-25-59-39-23-30(54)7-9-32(39)41(33)27-5-12-38(36(46)22-27)58-19-3-1-2-14-51-15-17-52(18-16-51)29-6-8-31-28(20-29)24-53(43(31)57)37-11-13-40(55)50-42(37)56/h4-10,12,20-23,33,37,41,54H,1-3,11,13-19,24-25H2,(H,50,55,56). The van der Waals surface area contributed by atoms with Crippen LogP contribution in [-0.2, 0) is 22.3 Å². The molecule has 310 valence electrons. The van der Waals surface area contributed by atoms with Gasteiger partial charge < -0.3 is 24.4 Å². The smallest absolute Gasteiger partial charge is 0.419 e. The third kappa shape index (κ3) is 8.43. The van der Waals surface area contributed by atoms with Crippen molar-refractivity contribution >= 4 is 23.4 Å². The number of piperazine rings is 1. The van der Waals surface area contributed by atoms with Gasteiger partial charge in [0.05, 0.1) is 18.8 Å². The summed E-state index contributed by atoms with van der Waals surface area (Å²) < 4.78 is 82.3. The number of aromatic hydroxyl groups is 1. The molecular weight excluding hydrogens is 775 g/mol. The van der Waals surface area contributed by atoms with Gasteiger partial charge in [-0.1, -0.05) is 18.2 Å². The number of nitrogens with zero attached hydrogens (tertiary/aromatic N) is 3. The summed E-state index contributed by atoms with van der Waals surface area (Å²) >= 11 is 0. The van der Waals surface area contributed by atoms with Crippen molar-refractivity contribution < 1.29 is 50.9 Å². The third-order valence-corrected chi connectivity index (χ3v) is 11.8. The van der Waals surface area contributed by atoms with E-state index in [0.29, 0.717) is 48.4 Å². The van der Waals surface area contributed by atoms with Crippen LogP contribution in [0.25, 0.3) is 0 Å². The molecule has 3 unspecified atom stereocenters. The highest BCUT2D eigenvalue weighted by Crippen LogP contribution is 2.48. The number of piperidine rings is 1. The Morgan fingerprint density at radius 1 is 0.847 bits per heavy atom.